The van der Waals surface area contributed by atoms with Crippen LogP contribution in [-0.2, 0) is 12.8 Å². The van der Waals surface area contributed by atoms with Gasteiger partial charge >= 0.3 is 0 Å². The quantitative estimate of drug-likeness (QED) is 0.622. The molecule has 2 rings (SSSR count). The second-order valence-corrected chi connectivity index (χ2v) is 4.49. The second-order valence-electron chi connectivity index (χ2n) is 3.41. The van der Waals surface area contributed by atoms with E-state index in [4.69, 9.17) is 0 Å². The topological polar surface area (TPSA) is 3.24 Å². The van der Waals surface area contributed by atoms with Gasteiger partial charge in [-0.2, -0.15) is 0 Å². The molecule has 70 valence electrons. The van der Waals surface area contributed by atoms with Gasteiger partial charge < -0.3 is 0 Å². The van der Waals surface area contributed by atoms with E-state index < -0.39 is 0 Å². The van der Waals surface area contributed by atoms with E-state index in [0.29, 0.717) is 0 Å². The van der Waals surface area contributed by atoms with Crippen LogP contribution >= 0.6 is 25.4 Å². The molecule has 0 fully saturated rings. The standard InChI is InChI=1S/C10H13NS2/c12-10-2-1-8-3-5-11(13)6-4-9(8)7-10/h1-2,7,12-13H,3-6H2. The van der Waals surface area contributed by atoms with Crippen molar-refractivity contribution in [1.82, 2.24) is 4.31 Å². The van der Waals surface area contributed by atoms with E-state index in [2.05, 4.69) is 47.9 Å². The molecule has 1 aliphatic heterocycles. The molecule has 1 heterocycles. The summed E-state index contributed by atoms with van der Waals surface area (Å²) in [5.74, 6) is 0. The summed E-state index contributed by atoms with van der Waals surface area (Å²) in [6.45, 7) is 2.08. The molecule has 1 aromatic rings. The monoisotopic (exact) mass is 211 g/mol. The summed E-state index contributed by atoms with van der Waals surface area (Å²) < 4.78 is 2.08. The number of rotatable bonds is 0. The number of thiol groups is 2. The summed E-state index contributed by atoms with van der Waals surface area (Å²) in [6.07, 6.45) is 2.19. The Bertz CT molecular complexity index is 312. The Hall–Kier alpha value is -0.120. The van der Waals surface area contributed by atoms with E-state index in [1.54, 1.807) is 0 Å². The van der Waals surface area contributed by atoms with Crippen LogP contribution in [0.1, 0.15) is 11.1 Å². The van der Waals surface area contributed by atoms with Crippen LogP contribution in [0.2, 0.25) is 0 Å². The molecular formula is C10H13NS2. The van der Waals surface area contributed by atoms with Crippen LogP contribution in [0.15, 0.2) is 23.1 Å². The Morgan fingerprint density at radius 2 is 1.77 bits per heavy atom. The zero-order chi connectivity index (χ0) is 9.26. The second kappa shape index (κ2) is 3.95. The molecule has 0 spiro atoms. The smallest absolute Gasteiger partial charge is 0.0128 e. The van der Waals surface area contributed by atoms with Gasteiger partial charge in [-0.3, -0.25) is 4.31 Å². The molecule has 0 atom stereocenters. The van der Waals surface area contributed by atoms with Gasteiger partial charge in [0.05, 0.1) is 0 Å². The summed E-state index contributed by atoms with van der Waals surface area (Å²) in [5.41, 5.74) is 2.89. The average Bonchev–Trinajstić information content (AvgIpc) is 2.29. The van der Waals surface area contributed by atoms with Crippen LogP contribution < -0.4 is 0 Å². The van der Waals surface area contributed by atoms with Gasteiger partial charge in [0.2, 0.25) is 0 Å². The van der Waals surface area contributed by atoms with Gasteiger partial charge in [0.25, 0.3) is 0 Å². The molecule has 0 aromatic heterocycles. The van der Waals surface area contributed by atoms with Gasteiger partial charge in [-0.05, 0) is 36.1 Å². The van der Waals surface area contributed by atoms with Crippen molar-refractivity contribution in [1.29, 1.82) is 0 Å². The van der Waals surface area contributed by atoms with Crippen LogP contribution in [0, 0.1) is 0 Å². The summed E-state index contributed by atoms with van der Waals surface area (Å²) in [7, 11) is 0. The molecule has 0 saturated carbocycles. The van der Waals surface area contributed by atoms with Crippen molar-refractivity contribution in [3.63, 3.8) is 0 Å². The van der Waals surface area contributed by atoms with Crippen LogP contribution in [0.25, 0.3) is 0 Å². The highest BCUT2D eigenvalue weighted by molar-refractivity contribution is 7.80. The molecule has 0 bridgehead atoms. The molecule has 0 saturated heterocycles. The largest absolute Gasteiger partial charge is 0.253 e. The zero-order valence-corrected chi connectivity index (χ0v) is 9.19. The Morgan fingerprint density at radius 3 is 2.54 bits per heavy atom. The number of benzene rings is 1. The van der Waals surface area contributed by atoms with E-state index in [0.717, 1.165) is 30.8 Å². The molecule has 13 heavy (non-hydrogen) atoms. The first-order valence-corrected chi connectivity index (χ1v) is 5.35. The highest BCUT2D eigenvalue weighted by Gasteiger charge is 2.10. The molecule has 0 aliphatic carbocycles. The Morgan fingerprint density at radius 1 is 1.08 bits per heavy atom. The molecule has 0 radical (unpaired) electrons. The molecule has 0 N–H and O–H groups in total. The van der Waals surface area contributed by atoms with Crippen molar-refractivity contribution in [2.45, 2.75) is 17.7 Å². The summed E-state index contributed by atoms with van der Waals surface area (Å²) in [5, 5.41) is 0. The fraction of sp³-hybridized carbons (Fsp3) is 0.400. The highest BCUT2D eigenvalue weighted by atomic mass is 32.1. The maximum atomic E-state index is 4.37. The summed E-state index contributed by atoms with van der Waals surface area (Å²) in [4.78, 5) is 1.06. The molecular weight excluding hydrogens is 198 g/mol. The summed E-state index contributed by atoms with van der Waals surface area (Å²) >= 11 is 8.72. The van der Waals surface area contributed by atoms with Crippen molar-refractivity contribution in [3.05, 3.63) is 29.3 Å². The zero-order valence-electron chi connectivity index (χ0n) is 7.40. The molecule has 1 aliphatic rings. The molecule has 1 aromatic carbocycles. The van der Waals surface area contributed by atoms with E-state index >= 15 is 0 Å². The lowest BCUT2D eigenvalue weighted by molar-refractivity contribution is 0.500. The fourth-order valence-electron chi connectivity index (χ4n) is 1.70. The molecule has 1 nitrogen and oxygen atoms in total. The first-order chi connectivity index (χ1) is 6.25. The molecule has 3 heteroatoms. The van der Waals surface area contributed by atoms with Gasteiger partial charge in [-0.1, -0.05) is 18.9 Å². The maximum Gasteiger partial charge on any atom is 0.0128 e. The highest BCUT2D eigenvalue weighted by Crippen LogP contribution is 2.19. The lowest BCUT2D eigenvalue weighted by Gasteiger charge is -2.09. The summed E-state index contributed by atoms with van der Waals surface area (Å²) in [6, 6.07) is 6.42. The number of hydrogen-bond donors (Lipinski definition) is 2. The lowest BCUT2D eigenvalue weighted by atomic mass is 10.0. The van der Waals surface area contributed by atoms with Gasteiger partial charge in [0.15, 0.2) is 0 Å². The van der Waals surface area contributed by atoms with Gasteiger partial charge in [0.1, 0.15) is 0 Å². The predicted molar refractivity (Wildman–Crippen MR) is 61.7 cm³/mol. The minimum Gasteiger partial charge on any atom is -0.253 e. The van der Waals surface area contributed by atoms with Gasteiger partial charge in [0, 0.05) is 18.0 Å². The lowest BCUT2D eigenvalue weighted by Crippen LogP contribution is -2.14. The van der Waals surface area contributed by atoms with Crippen molar-refractivity contribution < 1.29 is 0 Å². The number of nitrogens with zero attached hydrogens (tertiary/aromatic N) is 1. The fourth-order valence-corrected chi connectivity index (χ4v) is 2.13. The minimum absolute atomic E-state index is 1.04. The average molecular weight is 211 g/mol. The Labute approximate surface area is 90.1 Å². The first-order valence-electron chi connectivity index (χ1n) is 4.50. The Balaban J connectivity index is 2.30. The molecule has 0 unspecified atom stereocenters. The van der Waals surface area contributed by atoms with Crippen molar-refractivity contribution in [2.75, 3.05) is 13.1 Å². The SMILES string of the molecule is Sc1ccc2c(c1)CCN(S)CC2. The van der Waals surface area contributed by atoms with Gasteiger partial charge in [-0.15, -0.1) is 12.6 Å². The Kier molecular flexibility index (Phi) is 2.86. The number of hydrogen-bond acceptors (Lipinski definition) is 3. The van der Waals surface area contributed by atoms with E-state index in [1.807, 2.05) is 0 Å². The predicted octanol–water partition coefficient (Wildman–Crippen LogP) is 2.22. The first kappa shape index (κ1) is 9.44. The third kappa shape index (κ3) is 2.22. The van der Waals surface area contributed by atoms with E-state index in [-0.39, 0.29) is 0 Å². The van der Waals surface area contributed by atoms with Crippen LogP contribution in [0.5, 0.6) is 0 Å². The van der Waals surface area contributed by atoms with Crippen LogP contribution in [0.4, 0.5) is 0 Å². The third-order valence-corrected chi connectivity index (χ3v) is 3.15. The van der Waals surface area contributed by atoms with Crippen LogP contribution in [-0.4, -0.2) is 17.4 Å². The number of fused-ring (bicyclic) bond motifs is 1. The normalized spacial score (nSPS) is 18.0. The minimum atomic E-state index is 1.04. The van der Waals surface area contributed by atoms with Crippen molar-refractivity contribution in [3.8, 4) is 0 Å². The third-order valence-electron chi connectivity index (χ3n) is 2.47. The molecule has 0 amide bonds. The van der Waals surface area contributed by atoms with E-state index in [9.17, 15) is 0 Å². The maximum absolute atomic E-state index is 4.37. The van der Waals surface area contributed by atoms with Gasteiger partial charge in [-0.25, -0.2) is 0 Å². The van der Waals surface area contributed by atoms with Crippen molar-refractivity contribution in [2.24, 2.45) is 0 Å². The van der Waals surface area contributed by atoms with Crippen molar-refractivity contribution >= 4 is 25.4 Å². The van der Waals surface area contributed by atoms with Crippen LogP contribution in [0.3, 0.4) is 0 Å². The van der Waals surface area contributed by atoms with E-state index in [1.165, 1.54) is 11.1 Å².